The van der Waals surface area contributed by atoms with E-state index < -0.39 is 0 Å². The molecule has 0 saturated carbocycles. The van der Waals surface area contributed by atoms with Crippen molar-refractivity contribution in [2.45, 2.75) is 39.5 Å². The zero-order valence-electron chi connectivity index (χ0n) is 12.8. The average molecular weight is 304 g/mol. The Hall–Kier alpha value is -1.75. The molecule has 0 N–H and O–H groups in total. The van der Waals surface area contributed by atoms with Gasteiger partial charge in [-0.1, -0.05) is 32.2 Å². The van der Waals surface area contributed by atoms with E-state index in [1.807, 2.05) is 32.9 Å². The zero-order chi connectivity index (χ0) is 15.5. The van der Waals surface area contributed by atoms with Crippen LogP contribution in [0.2, 0.25) is 0 Å². The number of aromatic nitrogens is 2. The number of ether oxygens (including phenoxy) is 1. The molecular formula is C16H20N2O2S. The van der Waals surface area contributed by atoms with Crippen LogP contribution in [0.1, 0.15) is 55.0 Å². The van der Waals surface area contributed by atoms with Gasteiger partial charge in [0.2, 0.25) is 5.78 Å². The van der Waals surface area contributed by atoms with Crippen LogP contribution in [0.3, 0.4) is 0 Å². The topological polar surface area (TPSA) is 52.1 Å². The molecule has 0 radical (unpaired) electrons. The van der Waals surface area contributed by atoms with Crippen LogP contribution in [0.4, 0.5) is 0 Å². The van der Waals surface area contributed by atoms with Crippen molar-refractivity contribution in [2.75, 3.05) is 6.61 Å². The third-order valence-electron chi connectivity index (χ3n) is 2.99. The largest absolute Gasteiger partial charge is 0.494 e. The lowest BCUT2D eigenvalue weighted by molar-refractivity contribution is 0.104. The van der Waals surface area contributed by atoms with Gasteiger partial charge in [0.25, 0.3) is 0 Å². The van der Waals surface area contributed by atoms with E-state index in [1.165, 1.54) is 0 Å². The van der Waals surface area contributed by atoms with Gasteiger partial charge in [-0.05, 0) is 42.2 Å². The van der Waals surface area contributed by atoms with Crippen molar-refractivity contribution in [2.24, 2.45) is 0 Å². The number of carbonyl (C=O) groups is 1. The Balaban J connectivity index is 2.23. The van der Waals surface area contributed by atoms with Crippen LogP contribution in [0, 0.1) is 0 Å². The highest BCUT2D eigenvalue weighted by atomic mass is 32.1. The summed E-state index contributed by atoms with van der Waals surface area (Å²) < 4.78 is 9.46. The third kappa shape index (κ3) is 3.67. The Morgan fingerprint density at radius 3 is 2.48 bits per heavy atom. The minimum Gasteiger partial charge on any atom is -0.494 e. The number of hydrogen-bond acceptors (Lipinski definition) is 5. The quantitative estimate of drug-likeness (QED) is 0.787. The lowest BCUT2D eigenvalue weighted by Gasteiger charge is -2.16. The van der Waals surface area contributed by atoms with Gasteiger partial charge < -0.3 is 4.74 Å². The van der Waals surface area contributed by atoms with Crippen molar-refractivity contribution in [1.82, 2.24) is 9.59 Å². The number of ketones is 1. The van der Waals surface area contributed by atoms with Crippen LogP contribution in [0.5, 0.6) is 5.75 Å². The summed E-state index contributed by atoms with van der Waals surface area (Å²) in [6.45, 7) is 8.83. The Labute approximate surface area is 129 Å². The number of nitrogens with zero attached hydrogens (tertiary/aromatic N) is 2. The molecule has 1 heterocycles. The molecule has 21 heavy (non-hydrogen) atoms. The van der Waals surface area contributed by atoms with Crippen LogP contribution in [0.25, 0.3) is 0 Å². The van der Waals surface area contributed by atoms with Gasteiger partial charge in [0.1, 0.15) is 10.6 Å². The molecule has 0 fully saturated rings. The summed E-state index contributed by atoms with van der Waals surface area (Å²) in [5.41, 5.74) is 1.20. The van der Waals surface area contributed by atoms with Crippen molar-refractivity contribution < 1.29 is 9.53 Å². The van der Waals surface area contributed by atoms with E-state index in [-0.39, 0.29) is 11.2 Å². The highest BCUT2D eigenvalue weighted by Gasteiger charge is 2.26. The van der Waals surface area contributed by atoms with Crippen molar-refractivity contribution in [3.05, 3.63) is 40.4 Å². The van der Waals surface area contributed by atoms with E-state index in [0.717, 1.165) is 29.4 Å². The van der Waals surface area contributed by atoms with Crippen molar-refractivity contribution in [1.29, 1.82) is 0 Å². The summed E-state index contributed by atoms with van der Waals surface area (Å²) in [4.78, 5) is 13.2. The Morgan fingerprint density at radius 2 is 1.90 bits per heavy atom. The number of hydrogen-bond donors (Lipinski definition) is 0. The lowest BCUT2D eigenvalue weighted by atomic mass is 9.90. The first-order chi connectivity index (χ1) is 9.93. The molecule has 0 aliphatic heterocycles. The van der Waals surface area contributed by atoms with E-state index in [2.05, 4.69) is 16.5 Å². The van der Waals surface area contributed by atoms with Gasteiger partial charge in [0, 0.05) is 11.0 Å². The van der Waals surface area contributed by atoms with Crippen molar-refractivity contribution in [3.8, 4) is 5.75 Å². The molecule has 0 spiro atoms. The fourth-order valence-corrected chi connectivity index (χ4v) is 2.72. The maximum Gasteiger partial charge on any atom is 0.206 e. The van der Waals surface area contributed by atoms with Gasteiger partial charge in [-0.25, -0.2) is 0 Å². The van der Waals surface area contributed by atoms with E-state index >= 15 is 0 Å². The molecule has 1 aromatic heterocycles. The number of benzene rings is 1. The summed E-state index contributed by atoms with van der Waals surface area (Å²) in [5.74, 6) is 0.754. The molecule has 0 saturated heterocycles. The molecular weight excluding hydrogens is 284 g/mol. The van der Waals surface area contributed by atoms with Crippen LogP contribution in [-0.2, 0) is 5.41 Å². The monoisotopic (exact) mass is 304 g/mol. The van der Waals surface area contributed by atoms with Gasteiger partial charge in [-0.15, -0.1) is 5.10 Å². The normalized spacial score (nSPS) is 11.4. The molecule has 0 unspecified atom stereocenters. The molecule has 0 amide bonds. The van der Waals surface area contributed by atoms with Gasteiger partial charge in [0.15, 0.2) is 0 Å². The van der Waals surface area contributed by atoms with Gasteiger partial charge >= 0.3 is 0 Å². The first kappa shape index (κ1) is 15.6. The van der Waals surface area contributed by atoms with Gasteiger partial charge in [0.05, 0.1) is 12.3 Å². The molecule has 5 heteroatoms. The highest BCUT2D eigenvalue weighted by Crippen LogP contribution is 2.28. The van der Waals surface area contributed by atoms with Crippen LogP contribution < -0.4 is 4.74 Å². The Bertz CT molecular complexity index is 612. The second-order valence-electron chi connectivity index (χ2n) is 5.90. The van der Waals surface area contributed by atoms with Crippen LogP contribution >= 0.6 is 11.5 Å². The number of carbonyl (C=O) groups excluding carboxylic acids is 1. The fourth-order valence-electron chi connectivity index (χ4n) is 1.88. The summed E-state index contributed by atoms with van der Waals surface area (Å²) in [7, 11) is 0. The predicted molar refractivity (Wildman–Crippen MR) is 84.3 cm³/mol. The minimum atomic E-state index is -0.192. The molecule has 0 aliphatic rings. The summed E-state index contributed by atoms with van der Waals surface area (Å²) in [6.07, 6.45) is 0.960. The second kappa shape index (κ2) is 6.35. The van der Waals surface area contributed by atoms with Crippen molar-refractivity contribution in [3.63, 3.8) is 0 Å². The summed E-state index contributed by atoms with van der Waals surface area (Å²) in [6, 6.07) is 7.24. The van der Waals surface area contributed by atoms with Crippen LogP contribution in [-0.4, -0.2) is 22.0 Å². The van der Waals surface area contributed by atoms with E-state index in [4.69, 9.17) is 4.74 Å². The smallest absolute Gasteiger partial charge is 0.206 e. The Kier molecular flexibility index (Phi) is 4.73. The van der Waals surface area contributed by atoms with Gasteiger partial charge in [-0.3, -0.25) is 4.79 Å². The molecule has 2 rings (SSSR count). The molecule has 0 atom stereocenters. The van der Waals surface area contributed by atoms with E-state index in [0.29, 0.717) is 17.0 Å². The maximum absolute atomic E-state index is 12.6. The first-order valence-corrected chi connectivity index (χ1v) is 7.81. The summed E-state index contributed by atoms with van der Waals surface area (Å²) in [5, 5.41) is 4.12. The SMILES string of the molecule is CCCOc1ccc(C(=O)c2snnc2C(C)(C)C)cc1. The molecule has 1 aromatic carbocycles. The van der Waals surface area contributed by atoms with E-state index in [9.17, 15) is 4.79 Å². The minimum absolute atomic E-state index is 0.0306. The molecule has 0 bridgehead atoms. The lowest BCUT2D eigenvalue weighted by Crippen LogP contribution is -2.16. The molecule has 0 aliphatic carbocycles. The standard InChI is InChI=1S/C16H20N2O2S/c1-5-10-20-12-8-6-11(7-9-12)13(19)14-15(16(2,3)4)17-18-21-14/h6-9H,5,10H2,1-4H3. The fraction of sp³-hybridized carbons (Fsp3) is 0.438. The molecule has 112 valence electrons. The Morgan fingerprint density at radius 1 is 1.24 bits per heavy atom. The van der Waals surface area contributed by atoms with Crippen LogP contribution in [0.15, 0.2) is 24.3 Å². The highest BCUT2D eigenvalue weighted by molar-refractivity contribution is 7.08. The summed E-state index contributed by atoms with van der Waals surface area (Å²) >= 11 is 1.16. The average Bonchev–Trinajstić information content (AvgIpc) is 2.94. The maximum atomic E-state index is 12.6. The molecule has 4 nitrogen and oxygen atoms in total. The third-order valence-corrected chi connectivity index (χ3v) is 3.72. The van der Waals surface area contributed by atoms with Crippen molar-refractivity contribution >= 4 is 17.3 Å². The number of rotatable bonds is 5. The van der Waals surface area contributed by atoms with E-state index in [1.54, 1.807) is 12.1 Å². The van der Waals surface area contributed by atoms with Gasteiger partial charge in [-0.2, -0.15) is 0 Å². The molecule has 2 aromatic rings. The first-order valence-electron chi connectivity index (χ1n) is 7.04. The second-order valence-corrected chi connectivity index (χ2v) is 6.66. The predicted octanol–water partition coefficient (Wildman–Crippen LogP) is 3.86. The zero-order valence-corrected chi connectivity index (χ0v) is 13.7.